The Bertz CT molecular complexity index is 1500. The molecule has 5 rings (SSSR count). The monoisotopic (exact) mass is 469 g/mol. The van der Waals surface area contributed by atoms with Crippen LogP contribution >= 0.6 is 0 Å². The molecule has 1 aliphatic rings. The van der Waals surface area contributed by atoms with E-state index in [-0.39, 0.29) is 11.3 Å². The Kier molecular flexibility index (Phi) is 5.81. The van der Waals surface area contributed by atoms with Crippen LogP contribution in [0.15, 0.2) is 65.5 Å². The fraction of sp³-hybridized carbons (Fsp3) is 0.241. The van der Waals surface area contributed by atoms with Crippen molar-refractivity contribution in [3.8, 4) is 28.5 Å². The highest BCUT2D eigenvalue weighted by molar-refractivity contribution is 6.27. The van der Waals surface area contributed by atoms with Crippen molar-refractivity contribution in [1.82, 2.24) is 4.57 Å². The van der Waals surface area contributed by atoms with Crippen molar-refractivity contribution in [3.05, 3.63) is 87.7 Å². The van der Waals surface area contributed by atoms with Crippen LogP contribution < -0.4 is 19.8 Å². The second kappa shape index (κ2) is 8.95. The zero-order chi connectivity index (χ0) is 24.7. The van der Waals surface area contributed by atoms with Crippen LogP contribution in [-0.2, 0) is 6.54 Å². The molecule has 4 aromatic rings. The lowest BCUT2D eigenvalue weighted by molar-refractivity contribution is 0.104. The summed E-state index contributed by atoms with van der Waals surface area (Å²) in [7, 11) is 3.03. The Balaban J connectivity index is 1.72. The summed E-state index contributed by atoms with van der Waals surface area (Å²) in [6, 6.07) is 18.6. The molecule has 0 atom stereocenters. The zero-order valence-electron chi connectivity index (χ0n) is 20.3. The van der Waals surface area contributed by atoms with E-state index < -0.39 is 0 Å². The van der Waals surface area contributed by atoms with Gasteiger partial charge in [-0.3, -0.25) is 9.59 Å². The molecule has 0 amide bonds. The maximum absolute atomic E-state index is 14.0. The molecule has 0 saturated carbocycles. The number of aromatic nitrogens is 1. The molecule has 0 N–H and O–H groups in total. The summed E-state index contributed by atoms with van der Waals surface area (Å²) in [6.07, 6.45) is 0. The van der Waals surface area contributed by atoms with Crippen LogP contribution in [0.2, 0.25) is 0 Å². The van der Waals surface area contributed by atoms with E-state index in [0.717, 1.165) is 16.9 Å². The summed E-state index contributed by atoms with van der Waals surface area (Å²) in [5.74, 6) is 1.88. The van der Waals surface area contributed by atoms with Crippen molar-refractivity contribution >= 4 is 16.6 Å². The normalized spacial score (nSPS) is 12.1. The number of nitrogens with zero attached hydrogens (tertiary/aromatic N) is 1. The fourth-order valence-electron chi connectivity index (χ4n) is 4.67. The second-order valence-electron chi connectivity index (χ2n) is 9.06. The van der Waals surface area contributed by atoms with Gasteiger partial charge < -0.3 is 18.8 Å². The molecule has 3 aromatic carbocycles. The third-order valence-electron chi connectivity index (χ3n) is 6.28. The molecule has 0 bridgehead atoms. The summed E-state index contributed by atoms with van der Waals surface area (Å²) in [4.78, 5) is 27.5. The number of pyridine rings is 1. The minimum atomic E-state index is -0.237. The average molecular weight is 470 g/mol. The average Bonchev–Trinajstić information content (AvgIpc) is 3.17. The van der Waals surface area contributed by atoms with Crippen molar-refractivity contribution in [2.45, 2.75) is 20.4 Å². The first-order valence-corrected chi connectivity index (χ1v) is 11.6. The van der Waals surface area contributed by atoms with Crippen LogP contribution in [0.5, 0.6) is 17.2 Å². The van der Waals surface area contributed by atoms with Crippen LogP contribution in [0.3, 0.4) is 0 Å². The lowest BCUT2D eigenvalue weighted by Crippen LogP contribution is -2.24. The van der Waals surface area contributed by atoms with E-state index >= 15 is 0 Å². The molecule has 0 unspecified atom stereocenters. The number of carbonyl (C=O) groups excluding carboxylic acids is 1. The molecule has 1 aliphatic carbocycles. The Hall–Kier alpha value is -4.06. The Morgan fingerprint density at radius 1 is 0.857 bits per heavy atom. The SMILES string of the molecule is COc1ccc2c3c(n(Cc4ccc(OCC(C)C)cc4)c(=O)c2c1OC)-c1ccccc1C3=O. The summed E-state index contributed by atoms with van der Waals surface area (Å²) in [6.45, 7) is 5.13. The van der Waals surface area contributed by atoms with Gasteiger partial charge in [0.25, 0.3) is 5.56 Å². The highest BCUT2D eigenvalue weighted by Gasteiger charge is 2.33. The second-order valence-corrected chi connectivity index (χ2v) is 9.06. The van der Waals surface area contributed by atoms with E-state index in [1.165, 1.54) is 14.2 Å². The third-order valence-corrected chi connectivity index (χ3v) is 6.28. The van der Waals surface area contributed by atoms with Gasteiger partial charge in [0.2, 0.25) is 0 Å². The first kappa shape index (κ1) is 22.7. The summed E-state index contributed by atoms with van der Waals surface area (Å²) >= 11 is 0. The van der Waals surface area contributed by atoms with Crippen molar-refractivity contribution in [3.63, 3.8) is 0 Å². The lowest BCUT2D eigenvalue weighted by atomic mass is 10.0. The van der Waals surface area contributed by atoms with E-state index in [1.54, 1.807) is 22.8 Å². The van der Waals surface area contributed by atoms with Crippen molar-refractivity contribution in [2.75, 3.05) is 20.8 Å². The Morgan fingerprint density at radius 2 is 1.57 bits per heavy atom. The number of hydrogen-bond donors (Lipinski definition) is 0. The summed E-state index contributed by atoms with van der Waals surface area (Å²) in [5.41, 5.74) is 3.19. The van der Waals surface area contributed by atoms with Gasteiger partial charge in [0, 0.05) is 16.5 Å². The molecule has 0 saturated heterocycles. The van der Waals surface area contributed by atoms with Gasteiger partial charge in [-0.25, -0.2) is 0 Å². The van der Waals surface area contributed by atoms with E-state index in [0.29, 0.717) is 58.2 Å². The molecule has 6 nitrogen and oxygen atoms in total. The summed E-state index contributed by atoms with van der Waals surface area (Å²) < 4.78 is 18.5. The van der Waals surface area contributed by atoms with E-state index in [9.17, 15) is 9.59 Å². The van der Waals surface area contributed by atoms with Gasteiger partial charge in [-0.15, -0.1) is 0 Å². The van der Waals surface area contributed by atoms with Crippen molar-refractivity contribution in [1.29, 1.82) is 0 Å². The maximum atomic E-state index is 14.0. The molecule has 0 aliphatic heterocycles. The molecule has 1 heterocycles. The highest BCUT2D eigenvalue weighted by atomic mass is 16.5. The third kappa shape index (κ3) is 3.75. The molecule has 0 fully saturated rings. The molecule has 178 valence electrons. The lowest BCUT2D eigenvalue weighted by Gasteiger charge is -2.18. The van der Waals surface area contributed by atoms with E-state index in [4.69, 9.17) is 14.2 Å². The largest absolute Gasteiger partial charge is 0.493 e. The molecule has 6 heteroatoms. The fourth-order valence-corrected chi connectivity index (χ4v) is 4.67. The molecule has 0 radical (unpaired) electrons. The minimum Gasteiger partial charge on any atom is -0.493 e. The van der Waals surface area contributed by atoms with Crippen LogP contribution in [0, 0.1) is 5.92 Å². The highest BCUT2D eigenvalue weighted by Crippen LogP contribution is 2.43. The predicted octanol–water partition coefficient (Wildman–Crippen LogP) is 5.31. The van der Waals surface area contributed by atoms with Crippen LogP contribution in [0.25, 0.3) is 22.0 Å². The van der Waals surface area contributed by atoms with Gasteiger partial charge in [-0.2, -0.15) is 0 Å². The van der Waals surface area contributed by atoms with Crippen molar-refractivity contribution < 1.29 is 19.0 Å². The quantitative estimate of drug-likeness (QED) is 0.323. The number of hydrogen-bond acceptors (Lipinski definition) is 5. The Morgan fingerprint density at radius 3 is 2.23 bits per heavy atom. The topological polar surface area (TPSA) is 66.8 Å². The van der Waals surface area contributed by atoms with Gasteiger partial charge in [0.05, 0.1) is 44.0 Å². The van der Waals surface area contributed by atoms with Gasteiger partial charge in [-0.05, 0) is 35.7 Å². The molecule has 0 spiro atoms. The maximum Gasteiger partial charge on any atom is 0.263 e. The standard InChI is InChI=1S/C29H27NO5/c1-17(2)16-35-19-11-9-18(10-12-19)15-30-26-20-7-5-6-8-21(20)27(31)24(26)22-13-14-23(33-3)28(34-4)25(22)29(30)32/h5-14,17H,15-16H2,1-4H3. The number of ketones is 1. The van der Waals surface area contributed by atoms with Gasteiger partial charge in [0.1, 0.15) is 5.75 Å². The van der Waals surface area contributed by atoms with E-state index in [2.05, 4.69) is 13.8 Å². The van der Waals surface area contributed by atoms with Crippen molar-refractivity contribution in [2.24, 2.45) is 5.92 Å². The first-order chi connectivity index (χ1) is 16.9. The van der Waals surface area contributed by atoms with Gasteiger partial charge in [0.15, 0.2) is 17.3 Å². The number of rotatable bonds is 7. The number of fused-ring (bicyclic) bond motifs is 5. The summed E-state index contributed by atoms with van der Waals surface area (Å²) in [5, 5.41) is 0.904. The van der Waals surface area contributed by atoms with Crippen LogP contribution in [-0.4, -0.2) is 31.2 Å². The van der Waals surface area contributed by atoms with E-state index in [1.807, 2.05) is 42.5 Å². The molecular formula is C29H27NO5. The van der Waals surface area contributed by atoms with Crippen LogP contribution in [0.4, 0.5) is 0 Å². The smallest absolute Gasteiger partial charge is 0.263 e. The number of ether oxygens (including phenoxy) is 3. The number of carbonyl (C=O) groups is 1. The molecule has 1 aromatic heterocycles. The zero-order valence-corrected chi connectivity index (χ0v) is 20.3. The molecular weight excluding hydrogens is 442 g/mol. The first-order valence-electron chi connectivity index (χ1n) is 11.6. The van der Waals surface area contributed by atoms with Gasteiger partial charge >= 0.3 is 0 Å². The minimum absolute atomic E-state index is 0.0981. The number of methoxy groups -OCH3 is 2. The number of benzene rings is 3. The molecule has 35 heavy (non-hydrogen) atoms. The van der Waals surface area contributed by atoms with Gasteiger partial charge in [-0.1, -0.05) is 50.2 Å². The Labute approximate surface area is 203 Å². The van der Waals surface area contributed by atoms with Crippen LogP contribution in [0.1, 0.15) is 35.3 Å². The predicted molar refractivity (Wildman–Crippen MR) is 136 cm³/mol.